The van der Waals surface area contributed by atoms with Crippen molar-refractivity contribution >= 4 is 17.2 Å². The zero-order valence-corrected chi connectivity index (χ0v) is 12.0. The molecule has 108 valence electrons. The molecule has 7 nitrogen and oxygen atoms in total. The van der Waals surface area contributed by atoms with Gasteiger partial charge in [0, 0.05) is 24.9 Å². The molecule has 1 aliphatic heterocycles. The number of aryl methyl sites for hydroxylation is 1. The van der Waals surface area contributed by atoms with E-state index >= 15 is 0 Å². The molecule has 0 aliphatic carbocycles. The van der Waals surface area contributed by atoms with E-state index in [0.29, 0.717) is 34.7 Å². The minimum atomic E-state index is 0.179. The van der Waals surface area contributed by atoms with Crippen molar-refractivity contribution in [2.75, 3.05) is 13.2 Å². The highest BCUT2D eigenvalue weighted by Gasteiger charge is 2.25. The molecule has 1 aliphatic rings. The van der Waals surface area contributed by atoms with E-state index in [0.717, 1.165) is 18.6 Å². The highest BCUT2D eigenvalue weighted by molar-refractivity contribution is 6.35. The lowest BCUT2D eigenvalue weighted by molar-refractivity contribution is 0.192. The molecule has 3 aromatic heterocycles. The van der Waals surface area contributed by atoms with Gasteiger partial charge in [0.25, 0.3) is 5.89 Å². The molecule has 0 radical (unpaired) electrons. The monoisotopic (exact) mass is 305 g/mol. The number of hydrogen-bond acceptors (Lipinski definition) is 6. The molecule has 0 saturated carbocycles. The van der Waals surface area contributed by atoms with Crippen molar-refractivity contribution in [1.29, 1.82) is 0 Å². The van der Waals surface area contributed by atoms with Crippen LogP contribution in [0.1, 0.15) is 23.7 Å². The summed E-state index contributed by atoms with van der Waals surface area (Å²) >= 11 is 6.31. The molecular formula is C13H12ClN5O2. The number of nitrogens with zero attached hydrogens (tertiary/aromatic N) is 5. The SMILES string of the molecule is Cc1cnc2c(Cl)c(-c3nc([C@@H]4CCOC4)no3)nn2c1. The summed E-state index contributed by atoms with van der Waals surface area (Å²) in [6.45, 7) is 3.29. The molecule has 0 unspecified atom stereocenters. The fourth-order valence-corrected chi connectivity index (χ4v) is 2.63. The molecule has 4 rings (SSSR count). The van der Waals surface area contributed by atoms with Crippen LogP contribution in [-0.2, 0) is 4.74 Å². The van der Waals surface area contributed by atoms with Crippen LogP contribution in [0.15, 0.2) is 16.9 Å². The maximum absolute atomic E-state index is 6.31. The number of ether oxygens (including phenoxy) is 1. The maximum atomic E-state index is 6.31. The molecule has 4 heterocycles. The van der Waals surface area contributed by atoms with Crippen LogP contribution in [0, 0.1) is 6.92 Å². The first-order chi connectivity index (χ1) is 10.2. The third-order valence-electron chi connectivity index (χ3n) is 3.48. The average Bonchev–Trinajstić information content (AvgIpc) is 3.17. The van der Waals surface area contributed by atoms with Crippen molar-refractivity contribution in [2.45, 2.75) is 19.3 Å². The number of fused-ring (bicyclic) bond motifs is 1. The van der Waals surface area contributed by atoms with Crippen LogP contribution >= 0.6 is 11.6 Å². The lowest BCUT2D eigenvalue weighted by atomic mass is 10.1. The molecule has 1 saturated heterocycles. The van der Waals surface area contributed by atoms with Gasteiger partial charge in [0.1, 0.15) is 5.02 Å². The van der Waals surface area contributed by atoms with Crippen molar-refractivity contribution in [3.63, 3.8) is 0 Å². The van der Waals surface area contributed by atoms with Gasteiger partial charge in [-0.15, -0.1) is 0 Å². The van der Waals surface area contributed by atoms with Gasteiger partial charge in [0.05, 0.1) is 6.61 Å². The minimum absolute atomic E-state index is 0.179. The van der Waals surface area contributed by atoms with Crippen LogP contribution in [0.3, 0.4) is 0 Å². The Hall–Kier alpha value is -1.99. The van der Waals surface area contributed by atoms with Crippen LogP contribution < -0.4 is 0 Å². The van der Waals surface area contributed by atoms with Gasteiger partial charge in [0.15, 0.2) is 17.2 Å². The van der Waals surface area contributed by atoms with E-state index in [1.54, 1.807) is 10.7 Å². The molecule has 0 bridgehead atoms. The van der Waals surface area contributed by atoms with Gasteiger partial charge in [-0.1, -0.05) is 16.8 Å². The quantitative estimate of drug-likeness (QED) is 0.722. The number of halogens is 1. The predicted octanol–water partition coefficient (Wildman–Crippen LogP) is 2.25. The highest BCUT2D eigenvalue weighted by Crippen LogP contribution is 2.30. The fraction of sp³-hybridized carbons (Fsp3) is 0.385. The Labute approximate surface area is 124 Å². The number of rotatable bonds is 2. The first-order valence-electron chi connectivity index (χ1n) is 6.64. The molecule has 0 amide bonds. The second kappa shape index (κ2) is 4.78. The summed E-state index contributed by atoms with van der Waals surface area (Å²) in [4.78, 5) is 8.66. The molecule has 0 spiro atoms. The van der Waals surface area contributed by atoms with E-state index < -0.39 is 0 Å². The second-order valence-corrected chi connectivity index (χ2v) is 5.46. The van der Waals surface area contributed by atoms with Crippen LogP contribution in [0.25, 0.3) is 17.2 Å². The zero-order chi connectivity index (χ0) is 14.4. The van der Waals surface area contributed by atoms with Gasteiger partial charge in [-0.05, 0) is 18.9 Å². The lowest BCUT2D eigenvalue weighted by Gasteiger charge is -1.97. The fourth-order valence-electron chi connectivity index (χ4n) is 2.37. The summed E-state index contributed by atoms with van der Waals surface area (Å²) in [6.07, 6.45) is 4.49. The molecule has 0 aromatic carbocycles. The van der Waals surface area contributed by atoms with E-state index in [1.165, 1.54) is 0 Å². The van der Waals surface area contributed by atoms with Gasteiger partial charge < -0.3 is 9.26 Å². The third-order valence-corrected chi connectivity index (χ3v) is 3.83. The van der Waals surface area contributed by atoms with Gasteiger partial charge in [-0.2, -0.15) is 10.1 Å². The summed E-state index contributed by atoms with van der Waals surface area (Å²) in [5.74, 6) is 1.13. The van der Waals surface area contributed by atoms with Gasteiger partial charge in [-0.25, -0.2) is 9.50 Å². The van der Waals surface area contributed by atoms with E-state index in [4.69, 9.17) is 20.9 Å². The Morgan fingerprint density at radius 1 is 1.43 bits per heavy atom. The normalized spacial score (nSPS) is 18.7. The first kappa shape index (κ1) is 12.7. The molecule has 1 fully saturated rings. The van der Waals surface area contributed by atoms with Gasteiger partial charge in [-0.3, -0.25) is 0 Å². The number of hydrogen-bond donors (Lipinski definition) is 0. The van der Waals surface area contributed by atoms with Crippen molar-refractivity contribution in [3.05, 3.63) is 28.8 Å². The van der Waals surface area contributed by atoms with Crippen LogP contribution in [0.2, 0.25) is 5.02 Å². The minimum Gasteiger partial charge on any atom is -0.381 e. The second-order valence-electron chi connectivity index (χ2n) is 5.08. The van der Waals surface area contributed by atoms with Gasteiger partial charge >= 0.3 is 0 Å². The summed E-state index contributed by atoms with van der Waals surface area (Å²) in [7, 11) is 0. The largest absolute Gasteiger partial charge is 0.381 e. The Kier molecular flexibility index (Phi) is 2.90. The summed E-state index contributed by atoms with van der Waals surface area (Å²) in [5.41, 5.74) is 2.01. The lowest BCUT2D eigenvalue weighted by Crippen LogP contribution is -1.99. The van der Waals surface area contributed by atoms with E-state index in [9.17, 15) is 0 Å². The highest BCUT2D eigenvalue weighted by atomic mass is 35.5. The van der Waals surface area contributed by atoms with Crippen LogP contribution in [-0.4, -0.2) is 38.0 Å². The zero-order valence-electron chi connectivity index (χ0n) is 11.3. The standard InChI is InChI=1S/C13H12ClN5O2/c1-7-4-15-12-9(14)10(17-19(12)5-7)13-16-11(18-21-13)8-2-3-20-6-8/h4-5,8H,2-3,6H2,1H3/t8-/m1/s1. The average molecular weight is 306 g/mol. The van der Waals surface area contributed by atoms with Crippen LogP contribution in [0.5, 0.6) is 0 Å². The van der Waals surface area contributed by atoms with Crippen molar-refractivity contribution in [3.8, 4) is 11.6 Å². The topological polar surface area (TPSA) is 78.3 Å². The molecule has 3 aromatic rings. The third kappa shape index (κ3) is 2.09. The maximum Gasteiger partial charge on any atom is 0.280 e. The van der Waals surface area contributed by atoms with Gasteiger partial charge in [0.2, 0.25) is 0 Å². The molecule has 21 heavy (non-hydrogen) atoms. The van der Waals surface area contributed by atoms with Crippen LogP contribution in [0.4, 0.5) is 0 Å². The summed E-state index contributed by atoms with van der Waals surface area (Å²) in [6, 6.07) is 0. The first-order valence-corrected chi connectivity index (χ1v) is 7.02. The predicted molar refractivity (Wildman–Crippen MR) is 74.2 cm³/mol. The Morgan fingerprint density at radius 2 is 2.33 bits per heavy atom. The van der Waals surface area contributed by atoms with E-state index in [1.807, 2.05) is 13.1 Å². The molecule has 8 heteroatoms. The molecule has 1 atom stereocenters. The Morgan fingerprint density at radius 3 is 3.14 bits per heavy atom. The molecule has 0 N–H and O–H groups in total. The Bertz CT molecular complexity index is 806. The number of aromatic nitrogens is 5. The van der Waals surface area contributed by atoms with Crippen molar-refractivity contribution in [1.82, 2.24) is 24.7 Å². The van der Waals surface area contributed by atoms with Crippen molar-refractivity contribution < 1.29 is 9.26 Å². The van der Waals surface area contributed by atoms with E-state index in [-0.39, 0.29) is 5.92 Å². The van der Waals surface area contributed by atoms with E-state index in [2.05, 4.69) is 20.2 Å². The Balaban J connectivity index is 1.77. The molecular weight excluding hydrogens is 294 g/mol. The summed E-state index contributed by atoms with van der Waals surface area (Å²) in [5, 5.41) is 8.80. The summed E-state index contributed by atoms with van der Waals surface area (Å²) < 4.78 is 12.3. The van der Waals surface area contributed by atoms with Crippen molar-refractivity contribution in [2.24, 2.45) is 0 Å². The smallest absolute Gasteiger partial charge is 0.280 e.